The van der Waals surface area contributed by atoms with Crippen molar-refractivity contribution in [1.29, 1.82) is 0 Å². The normalized spacial score (nSPS) is 40.9. The predicted molar refractivity (Wildman–Crippen MR) is 44.5 cm³/mol. The summed E-state index contributed by atoms with van der Waals surface area (Å²) < 4.78 is 0. The summed E-state index contributed by atoms with van der Waals surface area (Å²) >= 11 is 0. The molecule has 0 aliphatic heterocycles. The van der Waals surface area contributed by atoms with Crippen molar-refractivity contribution in [2.75, 3.05) is 0 Å². The third kappa shape index (κ3) is 1.05. The molecule has 1 fully saturated rings. The molecule has 4 heteroatoms. The summed E-state index contributed by atoms with van der Waals surface area (Å²) in [6.45, 7) is 0. The molecule has 4 nitrogen and oxygen atoms in total. The van der Waals surface area contributed by atoms with Crippen LogP contribution in [-0.2, 0) is 9.59 Å². The molecule has 2 rings (SSSR count). The van der Waals surface area contributed by atoms with Crippen molar-refractivity contribution < 1.29 is 14.7 Å². The van der Waals surface area contributed by atoms with Crippen molar-refractivity contribution in [3.63, 3.8) is 0 Å². The highest BCUT2D eigenvalue weighted by Gasteiger charge is 2.50. The van der Waals surface area contributed by atoms with Gasteiger partial charge in [-0.3, -0.25) is 9.59 Å². The van der Waals surface area contributed by atoms with Crippen LogP contribution in [-0.4, -0.2) is 17.0 Å². The third-order valence-corrected chi connectivity index (χ3v) is 3.07. The van der Waals surface area contributed by atoms with E-state index in [4.69, 9.17) is 10.8 Å². The van der Waals surface area contributed by atoms with Crippen LogP contribution in [0, 0.1) is 23.7 Å². The minimum absolute atomic E-state index is 0.0139. The number of nitrogens with two attached hydrogens (primary N) is 1. The molecule has 1 saturated carbocycles. The molecule has 0 aromatic carbocycles. The monoisotopic (exact) mass is 181 g/mol. The molecule has 2 aliphatic carbocycles. The highest BCUT2D eigenvalue weighted by atomic mass is 16.4. The van der Waals surface area contributed by atoms with E-state index < -0.39 is 23.7 Å². The topological polar surface area (TPSA) is 80.4 Å². The Morgan fingerprint density at radius 3 is 2.15 bits per heavy atom. The zero-order valence-corrected chi connectivity index (χ0v) is 7.01. The number of aliphatic carboxylic acids is 1. The summed E-state index contributed by atoms with van der Waals surface area (Å²) in [4.78, 5) is 21.9. The second-order valence-corrected chi connectivity index (χ2v) is 3.74. The lowest BCUT2D eigenvalue weighted by Crippen LogP contribution is -2.36. The SMILES string of the molecule is NC(=O)[C@H]1C2C=CC(C2)[C@H]1C(=O)O. The lowest BCUT2D eigenvalue weighted by atomic mass is 9.83. The molecule has 2 bridgehead atoms. The number of amides is 1. The Morgan fingerprint density at radius 2 is 1.77 bits per heavy atom. The Bertz CT molecular complexity index is 269. The lowest BCUT2D eigenvalue weighted by molar-refractivity contribution is -0.147. The number of carbonyl (C=O) groups excluding carboxylic acids is 1. The molecule has 0 aromatic rings. The van der Waals surface area contributed by atoms with Gasteiger partial charge in [-0.05, 0) is 18.3 Å². The van der Waals surface area contributed by atoms with Gasteiger partial charge in [0.1, 0.15) is 0 Å². The van der Waals surface area contributed by atoms with Crippen molar-refractivity contribution in [3.8, 4) is 0 Å². The van der Waals surface area contributed by atoms with Gasteiger partial charge in [0.2, 0.25) is 5.91 Å². The lowest BCUT2D eigenvalue weighted by Gasteiger charge is -2.21. The average molecular weight is 181 g/mol. The fraction of sp³-hybridized carbons (Fsp3) is 0.556. The van der Waals surface area contributed by atoms with Crippen LogP contribution in [0.15, 0.2) is 12.2 Å². The van der Waals surface area contributed by atoms with E-state index in [9.17, 15) is 9.59 Å². The first-order chi connectivity index (χ1) is 6.11. The first-order valence-corrected chi connectivity index (χ1v) is 4.31. The van der Waals surface area contributed by atoms with Crippen LogP contribution in [0.3, 0.4) is 0 Å². The first-order valence-electron chi connectivity index (χ1n) is 4.31. The predicted octanol–water partition coefficient (Wildman–Crippen LogP) is -0.00540. The van der Waals surface area contributed by atoms with E-state index in [-0.39, 0.29) is 11.8 Å². The highest BCUT2D eigenvalue weighted by Crippen LogP contribution is 2.47. The van der Waals surface area contributed by atoms with Gasteiger partial charge in [0.15, 0.2) is 0 Å². The van der Waals surface area contributed by atoms with E-state index in [1.807, 2.05) is 12.2 Å². The number of carboxylic acid groups (broad SMARTS) is 1. The zero-order valence-electron chi connectivity index (χ0n) is 7.01. The number of allylic oxidation sites excluding steroid dienone is 2. The van der Waals surface area contributed by atoms with Crippen LogP contribution in [0.4, 0.5) is 0 Å². The number of carbonyl (C=O) groups is 2. The molecule has 0 radical (unpaired) electrons. The minimum atomic E-state index is -0.902. The maximum absolute atomic E-state index is 11.0. The Kier molecular flexibility index (Phi) is 1.65. The number of primary amides is 1. The average Bonchev–Trinajstić information content (AvgIpc) is 2.60. The van der Waals surface area contributed by atoms with E-state index in [0.29, 0.717) is 0 Å². The molecule has 70 valence electrons. The van der Waals surface area contributed by atoms with Gasteiger partial charge in [0.05, 0.1) is 11.8 Å². The Labute approximate surface area is 75.4 Å². The van der Waals surface area contributed by atoms with Gasteiger partial charge in [-0.2, -0.15) is 0 Å². The Balaban J connectivity index is 2.30. The van der Waals surface area contributed by atoms with E-state index in [0.717, 1.165) is 6.42 Å². The number of fused-ring (bicyclic) bond motifs is 2. The van der Waals surface area contributed by atoms with Gasteiger partial charge in [0.25, 0.3) is 0 Å². The van der Waals surface area contributed by atoms with Gasteiger partial charge in [-0.1, -0.05) is 12.2 Å². The zero-order chi connectivity index (χ0) is 9.59. The van der Waals surface area contributed by atoms with Crippen LogP contribution < -0.4 is 5.73 Å². The number of carboxylic acids is 1. The van der Waals surface area contributed by atoms with Crippen LogP contribution in [0.1, 0.15) is 6.42 Å². The van der Waals surface area contributed by atoms with Crippen molar-refractivity contribution in [1.82, 2.24) is 0 Å². The fourth-order valence-corrected chi connectivity index (χ4v) is 2.55. The summed E-state index contributed by atoms with van der Waals surface area (Å²) in [7, 11) is 0. The molecule has 13 heavy (non-hydrogen) atoms. The molecule has 0 saturated heterocycles. The minimum Gasteiger partial charge on any atom is -0.481 e. The number of rotatable bonds is 2. The standard InChI is InChI=1S/C9H11NO3/c10-8(11)6-4-1-2-5(3-4)7(6)9(12)13/h1-2,4-7H,3H2,(H2,10,11)(H,12,13)/t4?,5?,6-,7+/m0/s1. The molecule has 1 amide bonds. The molecule has 4 atom stereocenters. The first kappa shape index (κ1) is 8.29. The van der Waals surface area contributed by atoms with E-state index in [2.05, 4.69) is 0 Å². The molecule has 3 N–H and O–H groups in total. The Hall–Kier alpha value is -1.32. The summed E-state index contributed by atoms with van der Waals surface area (Å²) in [6.07, 6.45) is 4.58. The Morgan fingerprint density at radius 1 is 1.23 bits per heavy atom. The second-order valence-electron chi connectivity index (χ2n) is 3.74. The summed E-state index contributed by atoms with van der Waals surface area (Å²) in [5.41, 5.74) is 5.18. The fourth-order valence-electron chi connectivity index (χ4n) is 2.55. The van der Waals surface area contributed by atoms with Crippen molar-refractivity contribution in [2.24, 2.45) is 29.4 Å². The highest BCUT2D eigenvalue weighted by molar-refractivity contribution is 5.85. The van der Waals surface area contributed by atoms with Crippen LogP contribution in [0.2, 0.25) is 0 Å². The third-order valence-electron chi connectivity index (χ3n) is 3.07. The van der Waals surface area contributed by atoms with Crippen molar-refractivity contribution in [2.45, 2.75) is 6.42 Å². The van der Waals surface area contributed by atoms with Crippen molar-refractivity contribution >= 4 is 11.9 Å². The van der Waals surface area contributed by atoms with Gasteiger partial charge in [0, 0.05) is 0 Å². The van der Waals surface area contributed by atoms with Gasteiger partial charge in [-0.25, -0.2) is 0 Å². The van der Waals surface area contributed by atoms with Gasteiger partial charge in [-0.15, -0.1) is 0 Å². The van der Waals surface area contributed by atoms with E-state index in [1.165, 1.54) is 0 Å². The van der Waals surface area contributed by atoms with Gasteiger partial charge >= 0.3 is 5.97 Å². The molecule has 2 aliphatic rings. The van der Waals surface area contributed by atoms with Gasteiger partial charge < -0.3 is 10.8 Å². The smallest absolute Gasteiger partial charge is 0.307 e. The molecule has 0 heterocycles. The molecular weight excluding hydrogens is 170 g/mol. The largest absolute Gasteiger partial charge is 0.481 e. The maximum Gasteiger partial charge on any atom is 0.307 e. The summed E-state index contributed by atoms with van der Waals surface area (Å²) in [5, 5.41) is 8.91. The molecule has 0 spiro atoms. The summed E-state index contributed by atoms with van der Waals surface area (Å²) in [6, 6.07) is 0. The van der Waals surface area contributed by atoms with E-state index in [1.54, 1.807) is 0 Å². The molecule has 0 aromatic heterocycles. The summed E-state index contributed by atoms with van der Waals surface area (Å²) in [5.74, 6) is -2.39. The molecular formula is C9H11NO3. The maximum atomic E-state index is 11.0. The number of hydrogen-bond donors (Lipinski definition) is 2. The quantitative estimate of drug-likeness (QED) is 0.588. The van der Waals surface area contributed by atoms with Crippen LogP contribution in [0.25, 0.3) is 0 Å². The molecule has 2 unspecified atom stereocenters. The van der Waals surface area contributed by atoms with Crippen LogP contribution >= 0.6 is 0 Å². The van der Waals surface area contributed by atoms with E-state index >= 15 is 0 Å². The van der Waals surface area contributed by atoms with Crippen molar-refractivity contribution in [3.05, 3.63) is 12.2 Å². The second kappa shape index (κ2) is 2.58. The number of hydrogen-bond acceptors (Lipinski definition) is 2. The van der Waals surface area contributed by atoms with Crippen LogP contribution in [0.5, 0.6) is 0 Å².